The zero-order valence-electron chi connectivity index (χ0n) is 12.9. The molecule has 0 atom stereocenters. The predicted octanol–water partition coefficient (Wildman–Crippen LogP) is 1.89. The first-order chi connectivity index (χ1) is 10.5. The zero-order chi connectivity index (χ0) is 15.7. The van der Waals surface area contributed by atoms with Crippen molar-refractivity contribution in [3.8, 4) is 0 Å². The van der Waals surface area contributed by atoms with E-state index in [9.17, 15) is 9.59 Å². The number of anilines is 1. The lowest BCUT2D eigenvalue weighted by Gasteiger charge is -2.42. The third kappa shape index (κ3) is 2.66. The van der Waals surface area contributed by atoms with Crippen LogP contribution in [0.1, 0.15) is 24.2 Å². The lowest BCUT2D eigenvalue weighted by atomic mass is 10.0. The average molecular weight is 304 g/mol. The van der Waals surface area contributed by atoms with Gasteiger partial charge in [0.2, 0.25) is 0 Å². The van der Waals surface area contributed by atoms with E-state index in [1.54, 1.807) is 29.2 Å². The number of carbonyl (C=O) groups excluding carboxylic acids is 2. The van der Waals surface area contributed by atoms with Gasteiger partial charge in [0, 0.05) is 17.8 Å². The van der Waals surface area contributed by atoms with Crippen LogP contribution in [0.5, 0.6) is 0 Å². The van der Waals surface area contributed by atoms with Crippen LogP contribution in [-0.2, 0) is 9.47 Å². The molecule has 2 aliphatic heterocycles. The van der Waals surface area contributed by atoms with E-state index in [1.807, 2.05) is 18.7 Å². The molecule has 1 aromatic carbocycles. The Labute approximate surface area is 129 Å². The second kappa shape index (κ2) is 5.61. The Bertz CT molecular complexity index is 582. The first-order valence-electron chi connectivity index (χ1n) is 7.43. The molecule has 0 saturated carbocycles. The minimum absolute atomic E-state index is 0.0103. The van der Waals surface area contributed by atoms with Crippen molar-refractivity contribution in [3.05, 3.63) is 29.8 Å². The number of rotatable bonds is 2. The standard InChI is InChI=1S/C16H20N2O4/c1-16(2)11-21-9-8-18(16)14(19)12-3-5-13(6-4-12)17-7-10-22-15(17)20/h3-6H,7-11H2,1-2H3. The molecule has 0 radical (unpaired) electrons. The molecule has 2 aliphatic rings. The summed E-state index contributed by atoms with van der Waals surface area (Å²) in [6, 6.07) is 7.09. The van der Waals surface area contributed by atoms with Crippen LogP contribution < -0.4 is 4.90 Å². The number of nitrogens with zero attached hydrogens (tertiary/aromatic N) is 2. The van der Waals surface area contributed by atoms with Crippen LogP contribution in [0.2, 0.25) is 0 Å². The number of hydrogen-bond acceptors (Lipinski definition) is 4. The minimum Gasteiger partial charge on any atom is -0.447 e. The molecular formula is C16H20N2O4. The van der Waals surface area contributed by atoms with Crippen molar-refractivity contribution in [2.45, 2.75) is 19.4 Å². The molecule has 118 valence electrons. The van der Waals surface area contributed by atoms with Crippen molar-refractivity contribution < 1.29 is 19.1 Å². The number of benzene rings is 1. The highest BCUT2D eigenvalue weighted by Gasteiger charge is 2.34. The number of amides is 2. The van der Waals surface area contributed by atoms with Gasteiger partial charge in [-0.05, 0) is 38.1 Å². The molecule has 0 spiro atoms. The maximum absolute atomic E-state index is 12.7. The first-order valence-corrected chi connectivity index (χ1v) is 7.43. The van der Waals surface area contributed by atoms with E-state index < -0.39 is 0 Å². The maximum atomic E-state index is 12.7. The summed E-state index contributed by atoms with van der Waals surface area (Å²) in [5.74, 6) is -0.0103. The molecule has 2 amide bonds. The number of carbonyl (C=O) groups is 2. The molecule has 0 bridgehead atoms. The Kier molecular flexibility index (Phi) is 3.78. The van der Waals surface area contributed by atoms with Gasteiger partial charge in [0.1, 0.15) is 6.61 Å². The van der Waals surface area contributed by atoms with E-state index in [2.05, 4.69) is 0 Å². The summed E-state index contributed by atoms with van der Waals surface area (Å²) in [6.07, 6.45) is -0.339. The Morgan fingerprint density at radius 3 is 2.45 bits per heavy atom. The monoisotopic (exact) mass is 304 g/mol. The van der Waals surface area contributed by atoms with Crippen LogP contribution in [0.15, 0.2) is 24.3 Å². The average Bonchev–Trinajstić information content (AvgIpc) is 2.92. The van der Waals surface area contributed by atoms with Gasteiger partial charge in [-0.3, -0.25) is 9.69 Å². The Morgan fingerprint density at radius 1 is 1.14 bits per heavy atom. The van der Waals surface area contributed by atoms with Crippen LogP contribution in [0.3, 0.4) is 0 Å². The van der Waals surface area contributed by atoms with E-state index in [4.69, 9.17) is 9.47 Å². The molecule has 1 aromatic rings. The SMILES string of the molecule is CC1(C)COCCN1C(=O)c1ccc(N2CCOC2=O)cc1. The molecule has 0 unspecified atom stereocenters. The van der Waals surface area contributed by atoms with Crippen molar-refractivity contribution >= 4 is 17.7 Å². The summed E-state index contributed by atoms with van der Waals surface area (Å²) in [5.41, 5.74) is 1.05. The molecule has 2 heterocycles. The molecular weight excluding hydrogens is 284 g/mol. The second-order valence-electron chi connectivity index (χ2n) is 6.13. The number of morpholine rings is 1. The van der Waals surface area contributed by atoms with Crippen molar-refractivity contribution in [3.63, 3.8) is 0 Å². The lowest BCUT2D eigenvalue weighted by Crippen LogP contribution is -2.55. The van der Waals surface area contributed by atoms with Gasteiger partial charge in [0.15, 0.2) is 0 Å². The zero-order valence-corrected chi connectivity index (χ0v) is 12.9. The maximum Gasteiger partial charge on any atom is 0.414 e. The van der Waals surface area contributed by atoms with Gasteiger partial charge in [-0.15, -0.1) is 0 Å². The third-order valence-electron chi connectivity index (χ3n) is 4.08. The second-order valence-corrected chi connectivity index (χ2v) is 6.13. The van der Waals surface area contributed by atoms with Crippen molar-refractivity contribution in [1.29, 1.82) is 0 Å². The Balaban J connectivity index is 1.77. The Hall–Kier alpha value is -2.08. The molecule has 3 rings (SSSR count). The minimum atomic E-state index is -0.339. The van der Waals surface area contributed by atoms with Crippen molar-refractivity contribution in [2.24, 2.45) is 0 Å². The van der Waals surface area contributed by atoms with E-state index in [0.29, 0.717) is 38.5 Å². The molecule has 0 N–H and O–H groups in total. The summed E-state index contributed by atoms with van der Waals surface area (Å²) in [6.45, 7) is 6.64. The van der Waals surface area contributed by atoms with Gasteiger partial charge < -0.3 is 14.4 Å². The fraction of sp³-hybridized carbons (Fsp3) is 0.500. The van der Waals surface area contributed by atoms with Gasteiger partial charge >= 0.3 is 6.09 Å². The lowest BCUT2D eigenvalue weighted by molar-refractivity contribution is -0.0370. The molecule has 22 heavy (non-hydrogen) atoms. The molecule has 0 aliphatic carbocycles. The fourth-order valence-electron chi connectivity index (χ4n) is 2.80. The summed E-state index contributed by atoms with van der Waals surface area (Å²) >= 11 is 0. The molecule has 2 fully saturated rings. The van der Waals surface area contributed by atoms with Crippen molar-refractivity contribution in [1.82, 2.24) is 4.90 Å². The van der Waals surface area contributed by atoms with E-state index in [1.165, 1.54) is 0 Å². The summed E-state index contributed by atoms with van der Waals surface area (Å²) < 4.78 is 10.4. The Morgan fingerprint density at radius 2 is 1.86 bits per heavy atom. The number of hydrogen-bond donors (Lipinski definition) is 0. The van der Waals surface area contributed by atoms with E-state index in [0.717, 1.165) is 5.69 Å². The first kappa shape index (κ1) is 14.8. The highest BCUT2D eigenvalue weighted by Crippen LogP contribution is 2.24. The fourth-order valence-corrected chi connectivity index (χ4v) is 2.80. The highest BCUT2D eigenvalue weighted by molar-refractivity contribution is 5.96. The van der Waals surface area contributed by atoms with Crippen LogP contribution in [0.25, 0.3) is 0 Å². The smallest absolute Gasteiger partial charge is 0.414 e. The van der Waals surface area contributed by atoms with E-state index >= 15 is 0 Å². The molecule has 6 nitrogen and oxygen atoms in total. The predicted molar refractivity (Wildman–Crippen MR) is 81.1 cm³/mol. The van der Waals surface area contributed by atoms with E-state index in [-0.39, 0.29) is 17.5 Å². The van der Waals surface area contributed by atoms with Crippen LogP contribution in [-0.4, -0.2) is 55.3 Å². The van der Waals surface area contributed by atoms with Gasteiger partial charge in [0.25, 0.3) is 5.91 Å². The van der Waals surface area contributed by atoms with Crippen molar-refractivity contribution in [2.75, 3.05) is 37.8 Å². The molecule has 0 aromatic heterocycles. The third-order valence-corrected chi connectivity index (χ3v) is 4.08. The van der Waals surface area contributed by atoms with Gasteiger partial charge in [0.05, 0.1) is 25.3 Å². The normalized spacial score (nSPS) is 20.9. The van der Waals surface area contributed by atoms with Crippen LogP contribution in [0, 0.1) is 0 Å². The summed E-state index contributed by atoms with van der Waals surface area (Å²) in [7, 11) is 0. The molecule has 6 heteroatoms. The van der Waals surface area contributed by atoms with Crippen LogP contribution >= 0.6 is 0 Å². The van der Waals surface area contributed by atoms with Gasteiger partial charge in [-0.25, -0.2) is 4.79 Å². The largest absolute Gasteiger partial charge is 0.447 e. The van der Waals surface area contributed by atoms with Gasteiger partial charge in [-0.1, -0.05) is 0 Å². The van der Waals surface area contributed by atoms with Gasteiger partial charge in [-0.2, -0.15) is 0 Å². The highest BCUT2D eigenvalue weighted by atomic mass is 16.6. The van der Waals surface area contributed by atoms with Crippen LogP contribution in [0.4, 0.5) is 10.5 Å². The summed E-state index contributed by atoms with van der Waals surface area (Å²) in [5, 5.41) is 0. The summed E-state index contributed by atoms with van der Waals surface area (Å²) in [4.78, 5) is 27.6. The number of cyclic esters (lactones) is 1. The molecule has 2 saturated heterocycles. The topological polar surface area (TPSA) is 59.1 Å². The number of ether oxygens (including phenoxy) is 2. The quantitative estimate of drug-likeness (QED) is 0.837.